The van der Waals surface area contributed by atoms with Crippen LogP contribution < -0.4 is 18.9 Å². The van der Waals surface area contributed by atoms with Crippen molar-refractivity contribution < 1.29 is 47.8 Å². The molecule has 0 saturated heterocycles. The molecule has 0 radical (unpaired) electrons. The van der Waals surface area contributed by atoms with Gasteiger partial charge in [0.2, 0.25) is 0 Å². The standard InChI is InChI=1S/C59H82O10/c1-14-15-66-50-36-39-26-41-30-47(56(2,3)4)32-43-28-44-33-49(58(8,9)10)34-45(54(44)68-25-23-65-21-19-63-17-16-62-18-20-64-22-24-67-53(41)43)29-46-35-48(57(5,6)7)31-42(55(46)69-38-51(60)61)27-40(37-50)52(39)59(11,12)13/h30-37H,14-29,38H2,1-13H3,(H,60,61). The number of carbonyl (C=O) groups is 1. The summed E-state index contributed by atoms with van der Waals surface area (Å²) < 4.78 is 50.8. The molecule has 10 nitrogen and oxygen atoms in total. The normalized spacial score (nSPS) is 16.2. The van der Waals surface area contributed by atoms with Gasteiger partial charge in [-0.25, -0.2) is 4.79 Å². The van der Waals surface area contributed by atoms with Gasteiger partial charge in [0.05, 0.1) is 59.5 Å². The maximum atomic E-state index is 12.4. The lowest BCUT2D eigenvalue weighted by molar-refractivity contribution is -0.139. The summed E-state index contributed by atoms with van der Waals surface area (Å²) >= 11 is 0. The van der Waals surface area contributed by atoms with Gasteiger partial charge in [-0.2, -0.15) is 0 Å². The molecule has 10 bridgehead atoms. The first kappa shape index (κ1) is 53.7. The van der Waals surface area contributed by atoms with Crippen molar-refractivity contribution in [1.29, 1.82) is 0 Å². The van der Waals surface area contributed by atoms with Crippen molar-refractivity contribution in [3.8, 4) is 23.0 Å². The topological polar surface area (TPSA) is 111 Å². The molecule has 0 aromatic heterocycles. The minimum Gasteiger partial charge on any atom is -0.494 e. The molecule has 69 heavy (non-hydrogen) atoms. The van der Waals surface area contributed by atoms with E-state index in [2.05, 4.69) is 139 Å². The second-order valence-electron chi connectivity index (χ2n) is 22.9. The third-order valence-electron chi connectivity index (χ3n) is 12.8. The van der Waals surface area contributed by atoms with Crippen LogP contribution in [0.15, 0.2) is 48.5 Å². The van der Waals surface area contributed by atoms with Crippen molar-refractivity contribution in [2.45, 2.75) is 144 Å². The number of aliphatic carboxylic acids is 1. The molecule has 1 aliphatic heterocycles. The maximum Gasteiger partial charge on any atom is 0.341 e. The number of rotatable bonds is 6. The van der Waals surface area contributed by atoms with Gasteiger partial charge in [0.1, 0.15) is 36.2 Å². The van der Waals surface area contributed by atoms with Crippen LogP contribution in [0.5, 0.6) is 23.0 Å². The molecular weight excluding hydrogens is 869 g/mol. The summed E-state index contributed by atoms with van der Waals surface area (Å²) in [4.78, 5) is 12.4. The van der Waals surface area contributed by atoms with E-state index < -0.39 is 12.6 Å². The molecule has 2 aliphatic rings. The van der Waals surface area contributed by atoms with Crippen LogP contribution in [0.25, 0.3) is 0 Å². The highest BCUT2D eigenvalue weighted by atomic mass is 16.6. The van der Waals surface area contributed by atoms with Gasteiger partial charge < -0.3 is 43.0 Å². The molecule has 10 heteroatoms. The van der Waals surface area contributed by atoms with Crippen molar-refractivity contribution in [2.75, 3.05) is 79.3 Å². The fraction of sp³-hybridized carbons (Fsp3) is 0.576. The summed E-state index contributed by atoms with van der Waals surface area (Å²) in [5, 5.41) is 10.2. The van der Waals surface area contributed by atoms with E-state index in [0.717, 1.165) is 79.3 Å². The average Bonchev–Trinajstić information content (AvgIpc) is 3.24. The molecule has 4 aromatic rings. The van der Waals surface area contributed by atoms with Crippen molar-refractivity contribution in [2.24, 2.45) is 0 Å². The number of hydrogen-bond donors (Lipinski definition) is 1. The molecule has 4 aromatic carbocycles. The van der Waals surface area contributed by atoms with Gasteiger partial charge in [0.15, 0.2) is 6.61 Å². The molecule has 0 atom stereocenters. The van der Waals surface area contributed by atoms with Crippen LogP contribution in [0.1, 0.15) is 163 Å². The van der Waals surface area contributed by atoms with E-state index in [9.17, 15) is 9.90 Å². The first-order chi connectivity index (χ1) is 32.5. The van der Waals surface area contributed by atoms with Crippen LogP contribution in [0.3, 0.4) is 0 Å². The molecule has 0 spiro atoms. The van der Waals surface area contributed by atoms with E-state index in [1.807, 2.05) is 0 Å². The summed E-state index contributed by atoms with van der Waals surface area (Å²) in [7, 11) is 0. The van der Waals surface area contributed by atoms with Crippen LogP contribution in [-0.4, -0.2) is 90.4 Å². The average molecular weight is 951 g/mol. The van der Waals surface area contributed by atoms with Gasteiger partial charge in [-0.05, 0) is 107 Å². The summed E-state index contributed by atoms with van der Waals surface area (Å²) in [5.74, 6) is 1.98. The van der Waals surface area contributed by atoms with Gasteiger partial charge in [0, 0.05) is 25.7 Å². The van der Waals surface area contributed by atoms with Crippen LogP contribution in [0.4, 0.5) is 0 Å². The second kappa shape index (κ2) is 23.1. The Labute approximate surface area is 413 Å². The summed E-state index contributed by atoms with van der Waals surface area (Å²) in [6.07, 6.45) is 2.89. The van der Waals surface area contributed by atoms with Gasteiger partial charge in [-0.1, -0.05) is 126 Å². The minimum absolute atomic E-state index is 0.182. The Balaban J connectivity index is 1.74. The zero-order valence-electron chi connectivity index (χ0n) is 44.3. The number of fused-ring (bicyclic) bond motifs is 4. The van der Waals surface area contributed by atoms with Gasteiger partial charge in [-0.15, -0.1) is 0 Å². The molecule has 1 heterocycles. The van der Waals surface area contributed by atoms with E-state index in [1.165, 1.54) is 11.1 Å². The quantitative estimate of drug-likeness (QED) is 0.177. The number of carboxylic acid groups (broad SMARTS) is 1. The number of hydrogen-bond acceptors (Lipinski definition) is 9. The van der Waals surface area contributed by atoms with Crippen molar-refractivity contribution >= 4 is 5.97 Å². The number of carboxylic acids is 1. The Kier molecular flexibility index (Phi) is 18.0. The zero-order valence-corrected chi connectivity index (χ0v) is 44.3. The molecule has 378 valence electrons. The Bertz CT molecular complexity index is 2370. The van der Waals surface area contributed by atoms with Crippen molar-refractivity contribution in [3.63, 3.8) is 0 Å². The third-order valence-corrected chi connectivity index (χ3v) is 12.8. The van der Waals surface area contributed by atoms with E-state index >= 15 is 0 Å². The second-order valence-corrected chi connectivity index (χ2v) is 22.9. The van der Waals surface area contributed by atoms with Crippen molar-refractivity contribution in [1.82, 2.24) is 0 Å². The van der Waals surface area contributed by atoms with E-state index in [0.29, 0.717) is 104 Å². The molecule has 0 unspecified atom stereocenters. The van der Waals surface area contributed by atoms with Gasteiger partial charge >= 0.3 is 5.97 Å². The highest BCUT2D eigenvalue weighted by Crippen LogP contribution is 2.44. The number of ether oxygens (including phenoxy) is 8. The monoisotopic (exact) mass is 951 g/mol. The Hall–Kier alpha value is -4.61. The fourth-order valence-electron chi connectivity index (χ4n) is 9.31. The van der Waals surface area contributed by atoms with Crippen molar-refractivity contribution in [3.05, 3.63) is 115 Å². The lowest BCUT2D eigenvalue weighted by Gasteiger charge is -2.31. The maximum absolute atomic E-state index is 12.4. The largest absolute Gasteiger partial charge is 0.494 e. The van der Waals surface area contributed by atoms with Crippen LogP contribution in [-0.2, 0) is 71.1 Å². The fourth-order valence-corrected chi connectivity index (χ4v) is 9.31. The third kappa shape index (κ3) is 14.7. The lowest BCUT2D eigenvalue weighted by Crippen LogP contribution is -2.21. The highest BCUT2D eigenvalue weighted by Gasteiger charge is 2.30. The predicted octanol–water partition coefficient (Wildman–Crippen LogP) is 11.6. The van der Waals surface area contributed by atoms with Gasteiger partial charge in [-0.3, -0.25) is 0 Å². The molecule has 6 rings (SSSR count). The molecule has 0 saturated carbocycles. The van der Waals surface area contributed by atoms with Crippen LogP contribution in [0, 0.1) is 0 Å². The van der Waals surface area contributed by atoms with Gasteiger partial charge in [0.25, 0.3) is 0 Å². The minimum atomic E-state index is -1.03. The Morgan fingerprint density at radius 3 is 1.14 bits per heavy atom. The highest BCUT2D eigenvalue weighted by molar-refractivity contribution is 5.69. The summed E-state index contributed by atoms with van der Waals surface area (Å²) in [5.41, 5.74) is 12.0. The van der Waals surface area contributed by atoms with E-state index in [4.69, 9.17) is 37.9 Å². The zero-order chi connectivity index (χ0) is 50.1. The van der Waals surface area contributed by atoms with Crippen LogP contribution >= 0.6 is 0 Å². The molecule has 0 fully saturated rings. The van der Waals surface area contributed by atoms with Crippen LogP contribution in [0.2, 0.25) is 0 Å². The summed E-state index contributed by atoms with van der Waals surface area (Å²) in [6.45, 7) is 33.4. The van der Waals surface area contributed by atoms with E-state index in [1.54, 1.807) is 0 Å². The lowest BCUT2D eigenvalue weighted by atomic mass is 9.76. The Morgan fingerprint density at radius 2 is 0.797 bits per heavy atom. The number of benzene rings is 4. The molecule has 0 amide bonds. The SMILES string of the molecule is CCCOc1cc2c(C(C)(C)C)c(c1)Cc1cc(C(C)(C)C)cc(c1OCC(=O)O)Cc1cc(C(C)(C)C)cc3c1OCCOCCOCCOCCOCCOc1c(cc(C(C)(C)C)cc1C2)C3. The smallest absolute Gasteiger partial charge is 0.341 e. The Morgan fingerprint density at radius 1 is 0.464 bits per heavy atom. The first-order valence-corrected chi connectivity index (χ1v) is 25.2. The summed E-state index contributed by atoms with van der Waals surface area (Å²) in [6, 6.07) is 18.1. The predicted molar refractivity (Wildman–Crippen MR) is 275 cm³/mol. The van der Waals surface area contributed by atoms with E-state index in [-0.39, 0.29) is 21.7 Å². The molecule has 1 N–H and O–H groups in total. The first-order valence-electron chi connectivity index (χ1n) is 25.2. The molecular formula is C59H82O10. The molecule has 1 aliphatic carbocycles.